The van der Waals surface area contributed by atoms with Crippen molar-refractivity contribution in [1.29, 1.82) is 0 Å². The Bertz CT molecular complexity index is 1080. The Morgan fingerprint density at radius 2 is 1.92 bits per heavy atom. The summed E-state index contributed by atoms with van der Waals surface area (Å²) in [6.45, 7) is 12.1. The zero-order valence-corrected chi connectivity index (χ0v) is 14.8. The lowest BCUT2D eigenvalue weighted by Gasteiger charge is -2.13. The summed E-state index contributed by atoms with van der Waals surface area (Å²) in [5.41, 5.74) is 2.20. The van der Waals surface area contributed by atoms with Gasteiger partial charge in [0, 0.05) is 31.0 Å². The van der Waals surface area contributed by atoms with Crippen LogP contribution in [0.2, 0.25) is 0 Å². The molecule has 128 valence electrons. The first-order valence-electron chi connectivity index (χ1n) is 8.15. The number of aryl methyl sites for hydroxylation is 2. The van der Waals surface area contributed by atoms with Crippen LogP contribution >= 0.6 is 0 Å². The average Bonchev–Trinajstić information content (AvgIpc) is 3.05. The van der Waals surface area contributed by atoms with E-state index in [2.05, 4.69) is 30.0 Å². The zero-order valence-electron chi connectivity index (χ0n) is 14.8. The predicted molar refractivity (Wildman–Crippen MR) is 94.9 cm³/mol. The number of allylic oxidation sites excluding steroid dienone is 1. The van der Waals surface area contributed by atoms with E-state index in [1.807, 2.05) is 18.2 Å². The topological polar surface area (TPSA) is 66.2 Å². The van der Waals surface area contributed by atoms with Crippen LogP contribution in [0.1, 0.15) is 37.7 Å². The molecule has 3 aromatic rings. The average molecular weight is 329 g/mol. The summed E-state index contributed by atoms with van der Waals surface area (Å²) in [7, 11) is 1.64. The lowest BCUT2D eigenvalue weighted by molar-refractivity contribution is 0.532. The summed E-state index contributed by atoms with van der Waals surface area (Å²) in [5, 5.41) is 0. The Labute approximate surface area is 139 Å². The molecule has 0 spiro atoms. The van der Waals surface area contributed by atoms with Crippen LogP contribution < -0.4 is 11.2 Å². The van der Waals surface area contributed by atoms with Gasteiger partial charge >= 0.3 is 5.69 Å². The third-order valence-corrected chi connectivity index (χ3v) is 4.90. The van der Waals surface area contributed by atoms with Crippen molar-refractivity contribution in [2.75, 3.05) is 0 Å². The van der Waals surface area contributed by atoms with Gasteiger partial charge in [0.15, 0.2) is 11.2 Å². The Balaban J connectivity index is 2.59. The maximum atomic E-state index is 12.9. The van der Waals surface area contributed by atoms with Crippen molar-refractivity contribution in [1.82, 2.24) is 23.1 Å². The molecule has 3 aromatic heterocycles. The fraction of sp³-hybridized carbons (Fsp3) is 0.471. The van der Waals surface area contributed by atoms with Crippen molar-refractivity contribution in [3.8, 4) is 0 Å². The second-order valence-electron chi connectivity index (χ2n) is 6.26. The van der Waals surface area contributed by atoms with Crippen LogP contribution in [0.4, 0.5) is 0 Å². The molecule has 0 bridgehead atoms. The molecule has 0 unspecified atom stereocenters. The Morgan fingerprint density at radius 1 is 1.25 bits per heavy atom. The van der Waals surface area contributed by atoms with E-state index in [0.29, 0.717) is 16.9 Å². The molecule has 0 radical (unpaired) electrons. The quantitative estimate of drug-likeness (QED) is 0.687. The van der Waals surface area contributed by atoms with Gasteiger partial charge in [-0.1, -0.05) is 13.0 Å². The van der Waals surface area contributed by atoms with Gasteiger partial charge in [-0.2, -0.15) is 4.98 Å². The molecule has 1 atom stereocenters. The van der Waals surface area contributed by atoms with Crippen LogP contribution in [0, 0.1) is 13.8 Å². The van der Waals surface area contributed by atoms with Gasteiger partial charge < -0.3 is 4.57 Å². The molecule has 0 fully saturated rings. The van der Waals surface area contributed by atoms with Gasteiger partial charge in [0.05, 0.1) is 0 Å². The minimum Gasteiger partial charge on any atom is -0.311 e. The fourth-order valence-electron chi connectivity index (χ4n) is 3.27. The summed E-state index contributed by atoms with van der Waals surface area (Å²) in [6.07, 6.45) is 2.50. The number of fused-ring (bicyclic) bond motifs is 3. The summed E-state index contributed by atoms with van der Waals surface area (Å²) < 4.78 is 6.64. The van der Waals surface area contributed by atoms with Gasteiger partial charge in [0.1, 0.15) is 0 Å². The van der Waals surface area contributed by atoms with Gasteiger partial charge in [-0.25, -0.2) is 4.79 Å². The largest absolute Gasteiger partial charge is 0.332 e. The van der Waals surface area contributed by atoms with Gasteiger partial charge in [-0.05, 0) is 27.2 Å². The highest BCUT2D eigenvalue weighted by atomic mass is 16.2. The summed E-state index contributed by atoms with van der Waals surface area (Å²) >= 11 is 0. The smallest absolute Gasteiger partial charge is 0.311 e. The molecule has 0 amide bonds. The van der Waals surface area contributed by atoms with Crippen LogP contribution in [0.3, 0.4) is 0 Å². The van der Waals surface area contributed by atoms with Crippen LogP contribution in [-0.4, -0.2) is 23.1 Å². The van der Waals surface area contributed by atoms with E-state index in [1.54, 1.807) is 13.1 Å². The van der Waals surface area contributed by atoms with E-state index in [1.165, 1.54) is 9.13 Å². The van der Waals surface area contributed by atoms with Crippen molar-refractivity contribution in [2.45, 2.75) is 46.7 Å². The monoisotopic (exact) mass is 329 g/mol. The van der Waals surface area contributed by atoms with Crippen molar-refractivity contribution in [3.05, 3.63) is 44.9 Å². The van der Waals surface area contributed by atoms with Crippen molar-refractivity contribution in [2.24, 2.45) is 7.05 Å². The van der Waals surface area contributed by atoms with E-state index in [-0.39, 0.29) is 23.8 Å². The van der Waals surface area contributed by atoms with Crippen molar-refractivity contribution >= 4 is 16.9 Å². The number of imidazole rings is 2. The minimum atomic E-state index is -0.377. The van der Waals surface area contributed by atoms with E-state index in [4.69, 9.17) is 0 Å². The molecule has 0 aliphatic rings. The first-order valence-corrected chi connectivity index (χ1v) is 8.15. The Morgan fingerprint density at radius 3 is 2.50 bits per heavy atom. The second kappa shape index (κ2) is 5.51. The van der Waals surface area contributed by atoms with E-state index >= 15 is 0 Å². The minimum absolute atomic E-state index is 0.179. The van der Waals surface area contributed by atoms with E-state index in [9.17, 15) is 9.59 Å². The third kappa shape index (κ3) is 1.93. The number of aromatic nitrogens is 5. The standard InChI is InChI=1S/C17H23N5O2/c1-7-9-20-15(23)13-14(19(6)17(20)24)18-16-21(10(3)8-2)11(4)12(5)22(13)16/h7,10H,1,8-9H2,2-6H3/t10-/m0/s1. The third-order valence-electron chi connectivity index (χ3n) is 4.90. The normalized spacial score (nSPS) is 13.0. The molecule has 0 saturated carbocycles. The highest BCUT2D eigenvalue weighted by Gasteiger charge is 2.23. The second-order valence-corrected chi connectivity index (χ2v) is 6.26. The van der Waals surface area contributed by atoms with Crippen LogP contribution in [-0.2, 0) is 13.6 Å². The van der Waals surface area contributed by atoms with Gasteiger partial charge in [-0.3, -0.25) is 18.3 Å². The number of rotatable bonds is 4. The van der Waals surface area contributed by atoms with Crippen molar-refractivity contribution < 1.29 is 0 Å². The Kier molecular flexibility index (Phi) is 3.74. The Hall–Kier alpha value is -2.57. The molecular weight excluding hydrogens is 306 g/mol. The lowest BCUT2D eigenvalue weighted by Crippen LogP contribution is -2.39. The molecule has 0 aliphatic heterocycles. The maximum Gasteiger partial charge on any atom is 0.332 e. The van der Waals surface area contributed by atoms with E-state index < -0.39 is 0 Å². The molecule has 0 aromatic carbocycles. The summed E-state index contributed by atoms with van der Waals surface area (Å²) in [6, 6.07) is 0.255. The van der Waals surface area contributed by atoms with Gasteiger partial charge in [0.2, 0.25) is 5.78 Å². The number of nitrogens with zero attached hydrogens (tertiary/aromatic N) is 5. The van der Waals surface area contributed by atoms with Crippen LogP contribution in [0.5, 0.6) is 0 Å². The molecule has 3 heterocycles. The highest BCUT2D eigenvalue weighted by molar-refractivity contribution is 5.76. The first-order chi connectivity index (χ1) is 11.3. The summed E-state index contributed by atoms with van der Waals surface area (Å²) in [5.74, 6) is 0.706. The maximum absolute atomic E-state index is 12.9. The molecule has 7 nitrogen and oxygen atoms in total. The SMILES string of the molecule is C=CCn1c(=O)c2c(nc3n([C@@H](C)CC)c(C)c(C)n23)n(C)c1=O. The molecular formula is C17H23N5O2. The summed E-state index contributed by atoms with van der Waals surface area (Å²) in [4.78, 5) is 30.0. The number of hydrogen-bond acceptors (Lipinski definition) is 3. The first kappa shape index (κ1) is 16.3. The van der Waals surface area contributed by atoms with Gasteiger partial charge in [-0.15, -0.1) is 6.58 Å². The highest BCUT2D eigenvalue weighted by Crippen LogP contribution is 2.25. The molecule has 0 saturated heterocycles. The molecule has 7 heteroatoms. The molecule has 0 N–H and O–H groups in total. The van der Waals surface area contributed by atoms with Crippen LogP contribution in [0.25, 0.3) is 16.9 Å². The lowest BCUT2D eigenvalue weighted by atomic mass is 10.2. The van der Waals surface area contributed by atoms with Crippen LogP contribution in [0.15, 0.2) is 22.2 Å². The molecule has 24 heavy (non-hydrogen) atoms. The van der Waals surface area contributed by atoms with Crippen molar-refractivity contribution in [3.63, 3.8) is 0 Å². The number of hydrogen-bond donors (Lipinski definition) is 0. The predicted octanol–water partition coefficient (Wildman–Crippen LogP) is 1.92. The van der Waals surface area contributed by atoms with Gasteiger partial charge in [0.25, 0.3) is 5.56 Å². The molecule has 3 rings (SSSR count). The zero-order chi connectivity index (χ0) is 17.8. The van der Waals surface area contributed by atoms with E-state index in [0.717, 1.165) is 17.8 Å². The fourth-order valence-corrected chi connectivity index (χ4v) is 3.27. The molecule has 0 aliphatic carbocycles.